The van der Waals surface area contributed by atoms with Crippen LogP contribution in [0.1, 0.15) is 91.0 Å². The summed E-state index contributed by atoms with van der Waals surface area (Å²) in [5.41, 5.74) is 0.440. The fourth-order valence-corrected chi connectivity index (χ4v) is 8.90. The van der Waals surface area contributed by atoms with Gasteiger partial charge in [-0.15, -0.1) is 0 Å². The lowest BCUT2D eigenvalue weighted by atomic mass is 9.44. The smallest absolute Gasteiger partial charge is 0.304 e. The second-order valence-corrected chi connectivity index (χ2v) is 12.2. The summed E-state index contributed by atoms with van der Waals surface area (Å²) < 4.78 is 11.8. The highest BCUT2D eigenvalue weighted by Gasteiger charge is 2.66. The van der Waals surface area contributed by atoms with Gasteiger partial charge in [-0.2, -0.15) is 0 Å². The third-order valence-electron chi connectivity index (χ3n) is 10.6. The molecule has 188 valence electrons. The summed E-state index contributed by atoms with van der Waals surface area (Å²) in [6, 6.07) is 10.0. The van der Waals surface area contributed by atoms with E-state index in [1.807, 2.05) is 30.3 Å². The van der Waals surface area contributed by atoms with E-state index in [-0.39, 0.29) is 23.5 Å². The van der Waals surface area contributed by atoms with Gasteiger partial charge in [-0.3, -0.25) is 9.59 Å². The van der Waals surface area contributed by atoms with Crippen LogP contribution < -0.4 is 0 Å². The normalized spacial score (nSPS) is 41.9. The minimum Gasteiger partial charge on any atom is -0.463 e. The monoisotopic (exact) mass is 476 g/mol. The van der Waals surface area contributed by atoms with Gasteiger partial charge in [0.05, 0.1) is 0 Å². The van der Waals surface area contributed by atoms with Crippen molar-refractivity contribution in [3.05, 3.63) is 35.9 Å². The van der Waals surface area contributed by atoms with Crippen LogP contribution in [0.25, 0.3) is 0 Å². The first-order valence-electron chi connectivity index (χ1n) is 13.6. The molecule has 4 nitrogen and oxygen atoms in total. The molecule has 0 saturated heterocycles. The van der Waals surface area contributed by atoms with E-state index in [9.17, 15) is 9.59 Å². The highest BCUT2D eigenvalue weighted by atomic mass is 16.6. The zero-order chi connectivity index (χ0) is 24.8. The van der Waals surface area contributed by atoms with E-state index >= 15 is 0 Å². The SMILES string of the molecule is CC(=O)O[C@H]1CC[C@@]2(C)[C@H](CC[C@@H]3[C@@H]2CC[C@@]2(C)[C@H]3CC[C@@]2(C#Cc2ccccc2)OC(C)=O)C1. The predicted octanol–water partition coefficient (Wildman–Crippen LogP) is 6.31. The van der Waals surface area contributed by atoms with E-state index in [1.165, 1.54) is 33.1 Å². The Morgan fingerprint density at radius 3 is 2.34 bits per heavy atom. The van der Waals surface area contributed by atoms with E-state index < -0.39 is 5.60 Å². The van der Waals surface area contributed by atoms with Gasteiger partial charge in [-0.1, -0.05) is 38.0 Å². The van der Waals surface area contributed by atoms with Crippen LogP contribution in [0.3, 0.4) is 0 Å². The van der Waals surface area contributed by atoms with Gasteiger partial charge in [0.2, 0.25) is 0 Å². The van der Waals surface area contributed by atoms with E-state index in [1.54, 1.807) is 0 Å². The molecule has 0 heterocycles. The lowest BCUT2D eigenvalue weighted by Crippen LogP contribution is -2.57. The number of carbonyl (C=O) groups excluding carboxylic acids is 2. The molecule has 8 atom stereocenters. The maximum atomic E-state index is 12.3. The second-order valence-electron chi connectivity index (χ2n) is 12.2. The zero-order valence-corrected chi connectivity index (χ0v) is 21.8. The van der Waals surface area contributed by atoms with Crippen molar-refractivity contribution in [2.45, 2.75) is 97.2 Å². The Bertz CT molecular complexity index is 1040. The first-order chi connectivity index (χ1) is 16.7. The lowest BCUT2D eigenvalue weighted by Gasteiger charge is -2.61. The molecule has 35 heavy (non-hydrogen) atoms. The summed E-state index contributed by atoms with van der Waals surface area (Å²) in [5, 5.41) is 0. The Labute approximate surface area is 210 Å². The van der Waals surface area contributed by atoms with Crippen LogP contribution in [0.15, 0.2) is 30.3 Å². The molecule has 1 aromatic rings. The average Bonchev–Trinajstić information content (AvgIpc) is 3.10. The number of esters is 2. The average molecular weight is 477 g/mol. The molecule has 0 aliphatic heterocycles. The van der Waals surface area contributed by atoms with Crippen LogP contribution in [0.4, 0.5) is 0 Å². The summed E-state index contributed by atoms with van der Waals surface area (Å²) in [5.74, 6) is 9.01. The number of fused-ring (bicyclic) bond motifs is 5. The van der Waals surface area contributed by atoms with Crippen molar-refractivity contribution in [1.82, 2.24) is 0 Å². The molecule has 4 aliphatic carbocycles. The number of ether oxygens (including phenoxy) is 2. The maximum Gasteiger partial charge on any atom is 0.304 e. The van der Waals surface area contributed by atoms with Gasteiger partial charge in [-0.05, 0) is 105 Å². The summed E-state index contributed by atoms with van der Waals surface area (Å²) in [6.45, 7) is 7.94. The molecule has 4 fully saturated rings. The van der Waals surface area contributed by atoms with Gasteiger partial charge in [0.1, 0.15) is 6.10 Å². The maximum absolute atomic E-state index is 12.3. The Morgan fingerprint density at radius 1 is 0.886 bits per heavy atom. The third-order valence-corrected chi connectivity index (χ3v) is 10.6. The van der Waals surface area contributed by atoms with Crippen molar-refractivity contribution < 1.29 is 19.1 Å². The number of hydrogen-bond donors (Lipinski definition) is 0. The van der Waals surface area contributed by atoms with Crippen molar-refractivity contribution in [1.29, 1.82) is 0 Å². The predicted molar refractivity (Wildman–Crippen MR) is 135 cm³/mol. The largest absolute Gasteiger partial charge is 0.463 e. The highest BCUT2D eigenvalue weighted by molar-refractivity contribution is 5.67. The molecular formula is C31H40O4. The Hall–Kier alpha value is -2.28. The molecule has 0 radical (unpaired) electrons. The minimum absolute atomic E-state index is 0.0901. The van der Waals surface area contributed by atoms with Gasteiger partial charge in [0.25, 0.3) is 0 Å². The molecular weight excluding hydrogens is 436 g/mol. The van der Waals surface area contributed by atoms with Gasteiger partial charge in [0, 0.05) is 24.8 Å². The van der Waals surface area contributed by atoms with Crippen LogP contribution >= 0.6 is 0 Å². The molecule has 5 rings (SSSR count). The molecule has 4 aliphatic rings. The van der Waals surface area contributed by atoms with Gasteiger partial charge < -0.3 is 9.47 Å². The molecule has 0 aromatic heterocycles. The molecule has 4 heteroatoms. The van der Waals surface area contributed by atoms with Crippen molar-refractivity contribution in [2.75, 3.05) is 0 Å². The van der Waals surface area contributed by atoms with Gasteiger partial charge in [-0.25, -0.2) is 0 Å². The molecule has 0 amide bonds. The molecule has 0 unspecified atom stereocenters. The number of hydrogen-bond acceptors (Lipinski definition) is 4. The van der Waals surface area contributed by atoms with E-state index in [0.717, 1.165) is 44.1 Å². The number of rotatable bonds is 2. The van der Waals surface area contributed by atoms with Gasteiger partial charge in [0.15, 0.2) is 5.60 Å². The second kappa shape index (κ2) is 8.99. The van der Waals surface area contributed by atoms with E-state index in [2.05, 4.69) is 25.7 Å². The molecule has 4 saturated carbocycles. The summed E-state index contributed by atoms with van der Waals surface area (Å²) >= 11 is 0. The van der Waals surface area contributed by atoms with Crippen molar-refractivity contribution in [3.63, 3.8) is 0 Å². The Balaban J connectivity index is 1.42. The van der Waals surface area contributed by atoms with Crippen LogP contribution in [0.2, 0.25) is 0 Å². The van der Waals surface area contributed by atoms with E-state index in [4.69, 9.17) is 9.47 Å². The number of carbonyl (C=O) groups is 2. The first kappa shape index (κ1) is 24.4. The standard InChI is InChI=1S/C31H40O4/c1-21(32)34-25-13-16-29(3)24(20-25)10-11-26-27(29)14-17-30(4)28(26)15-19-31(30,35-22(2)33)18-12-23-8-6-5-7-9-23/h5-9,24-28H,10-11,13-17,19-20H2,1-4H3/t24-,25+,26-,27+,28+,29+,30+,31-/m1/s1. The molecule has 0 spiro atoms. The quantitative estimate of drug-likeness (QED) is 0.370. The van der Waals surface area contributed by atoms with Crippen molar-refractivity contribution in [2.24, 2.45) is 34.5 Å². The summed E-state index contributed by atoms with van der Waals surface area (Å²) in [4.78, 5) is 23.9. The van der Waals surface area contributed by atoms with Crippen molar-refractivity contribution >= 4 is 11.9 Å². The topological polar surface area (TPSA) is 52.6 Å². The van der Waals surface area contributed by atoms with Crippen LogP contribution in [0, 0.1) is 46.3 Å². The third kappa shape index (κ3) is 4.09. The zero-order valence-electron chi connectivity index (χ0n) is 21.8. The lowest BCUT2D eigenvalue weighted by molar-refractivity contribution is -0.178. The van der Waals surface area contributed by atoms with Gasteiger partial charge >= 0.3 is 11.9 Å². The fraction of sp³-hybridized carbons (Fsp3) is 0.677. The minimum atomic E-state index is -0.713. The first-order valence-corrected chi connectivity index (χ1v) is 13.6. The highest BCUT2D eigenvalue weighted by Crippen LogP contribution is 2.69. The Kier molecular flexibility index (Phi) is 6.27. The van der Waals surface area contributed by atoms with Crippen LogP contribution in [0.5, 0.6) is 0 Å². The van der Waals surface area contributed by atoms with Crippen molar-refractivity contribution in [3.8, 4) is 11.8 Å². The van der Waals surface area contributed by atoms with Crippen LogP contribution in [-0.4, -0.2) is 23.6 Å². The fourth-order valence-electron chi connectivity index (χ4n) is 8.90. The molecule has 0 N–H and O–H groups in total. The van der Waals surface area contributed by atoms with Crippen LogP contribution in [-0.2, 0) is 19.1 Å². The summed E-state index contributed by atoms with van der Waals surface area (Å²) in [6.07, 6.45) is 9.77. The molecule has 1 aromatic carbocycles. The van der Waals surface area contributed by atoms with E-state index in [0.29, 0.717) is 29.1 Å². The summed E-state index contributed by atoms with van der Waals surface area (Å²) in [7, 11) is 0. The number of benzene rings is 1. The Morgan fingerprint density at radius 2 is 1.63 bits per heavy atom. The molecule has 0 bridgehead atoms.